The molecular weight excluding hydrogens is 362 g/mol. The van der Waals surface area contributed by atoms with Crippen molar-refractivity contribution in [1.29, 1.82) is 0 Å². The number of nitrogens with two attached hydrogens (primary N) is 1. The van der Waals surface area contributed by atoms with E-state index in [4.69, 9.17) is 15.5 Å². The Morgan fingerprint density at radius 1 is 1.14 bits per heavy atom. The Kier molecular flexibility index (Phi) is 5.27. The van der Waals surface area contributed by atoms with Crippen molar-refractivity contribution in [2.24, 2.45) is 12.8 Å². The molecule has 148 valence electrons. The van der Waals surface area contributed by atoms with Crippen LogP contribution in [0.4, 0.5) is 0 Å². The number of rotatable bonds is 6. The minimum Gasteiger partial charge on any atom is -0.487 e. The number of para-hydroxylation sites is 1. The van der Waals surface area contributed by atoms with E-state index in [0.29, 0.717) is 13.2 Å². The Balaban J connectivity index is 1.77. The molecule has 0 unspecified atom stereocenters. The molecule has 0 spiro atoms. The molecule has 0 aliphatic heterocycles. The van der Waals surface area contributed by atoms with Crippen molar-refractivity contribution in [3.8, 4) is 17.0 Å². The topological polar surface area (TPSA) is 78.9 Å². The molecule has 0 fully saturated rings. The highest BCUT2D eigenvalue weighted by Gasteiger charge is 2.14. The third kappa shape index (κ3) is 3.59. The number of aromatic nitrogens is 4. The van der Waals surface area contributed by atoms with Crippen LogP contribution in [0.15, 0.2) is 48.8 Å². The van der Waals surface area contributed by atoms with Gasteiger partial charge >= 0.3 is 0 Å². The van der Waals surface area contributed by atoms with Crippen LogP contribution in [0.1, 0.15) is 29.4 Å². The second kappa shape index (κ2) is 8.01. The summed E-state index contributed by atoms with van der Waals surface area (Å²) in [6.45, 7) is 4.93. The lowest BCUT2D eigenvalue weighted by Gasteiger charge is -2.15. The van der Waals surface area contributed by atoms with E-state index in [1.807, 2.05) is 49.1 Å². The Bertz CT molecular complexity index is 1140. The van der Waals surface area contributed by atoms with Gasteiger partial charge in [0.2, 0.25) is 0 Å². The monoisotopic (exact) mass is 387 g/mol. The fourth-order valence-electron chi connectivity index (χ4n) is 3.73. The summed E-state index contributed by atoms with van der Waals surface area (Å²) in [6, 6.07) is 12.2. The van der Waals surface area contributed by atoms with E-state index >= 15 is 0 Å². The predicted molar refractivity (Wildman–Crippen MR) is 115 cm³/mol. The molecule has 0 saturated heterocycles. The lowest BCUT2D eigenvalue weighted by molar-refractivity contribution is 0.306. The summed E-state index contributed by atoms with van der Waals surface area (Å²) in [5.74, 6) is 0.753. The first-order valence-corrected chi connectivity index (χ1v) is 9.79. The first-order chi connectivity index (χ1) is 14.1. The number of benzene rings is 1. The third-order valence-corrected chi connectivity index (χ3v) is 5.22. The van der Waals surface area contributed by atoms with Crippen LogP contribution >= 0.6 is 0 Å². The maximum atomic E-state index is 6.27. The highest BCUT2D eigenvalue weighted by atomic mass is 16.5. The van der Waals surface area contributed by atoms with Crippen LogP contribution in [0.5, 0.6) is 5.75 Å². The molecule has 0 aliphatic rings. The number of hydrogen-bond donors (Lipinski definition) is 1. The van der Waals surface area contributed by atoms with Crippen LogP contribution in [0, 0.1) is 6.92 Å². The highest BCUT2D eigenvalue weighted by Crippen LogP contribution is 2.33. The van der Waals surface area contributed by atoms with Gasteiger partial charge in [-0.05, 0) is 43.2 Å². The van der Waals surface area contributed by atoms with Gasteiger partial charge in [0.25, 0.3) is 0 Å². The van der Waals surface area contributed by atoms with E-state index in [9.17, 15) is 0 Å². The Morgan fingerprint density at radius 2 is 2.00 bits per heavy atom. The molecule has 0 radical (unpaired) electrons. The second-order valence-corrected chi connectivity index (χ2v) is 7.05. The fourth-order valence-corrected chi connectivity index (χ4v) is 3.73. The molecule has 2 N–H and O–H groups in total. The summed E-state index contributed by atoms with van der Waals surface area (Å²) in [7, 11) is 1.94. The van der Waals surface area contributed by atoms with Crippen LogP contribution in [-0.4, -0.2) is 19.7 Å². The van der Waals surface area contributed by atoms with E-state index in [-0.39, 0.29) is 0 Å². The molecule has 0 amide bonds. The van der Waals surface area contributed by atoms with Crippen LogP contribution in [-0.2, 0) is 26.6 Å². The van der Waals surface area contributed by atoms with Gasteiger partial charge in [-0.25, -0.2) is 4.98 Å². The number of aryl methyl sites for hydroxylation is 3. The predicted octanol–water partition coefficient (Wildman–Crippen LogP) is 3.94. The first kappa shape index (κ1) is 19.1. The summed E-state index contributed by atoms with van der Waals surface area (Å²) in [6.07, 6.45) is 4.53. The van der Waals surface area contributed by atoms with Gasteiger partial charge in [0.05, 0.1) is 11.4 Å². The van der Waals surface area contributed by atoms with Crippen molar-refractivity contribution < 1.29 is 4.74 Å². The minimum absolute atomic E-state index is 0.393. The van der Waals surface area contributed by atoms with Crippen molar-refractivity contribution in [2.75, 3.05) is 0 Å². The van der Waals surface area contributed by atoms with Gasteiger partial charge in [0.15, 0.2) is 0 Å². The molecule has 3 heterocycles. The van der Waals surface area contributed by atoms with Gasteiger partial charge in [-0.1, -0.05) is 19.1 Å². The largest absolute Gasteiger partial charge is 0.487 e. The average Bonchev–Trinajstić information content (AvgIpc) is 3.17. The molecule has 0 aliphatic carbocycles. The molecule has 29 heavy (non-hydrogen) atoms. The molecule has 4 aromatic rings. The number of hydrogen-bond acceptors (Lipinski definition) is 5. The zero-order valence-corrected chi connectivity index (χ0v) is 17.0. The molecule has 4 rings (SSSR count). The second-order valence-electron chi connectivity index (χ2n) is 7.05. The van der Waals surface area contributed by atoms with Gasteiger partial charge < -0.3 is 10.5 Å². The summed E-state index contributed by atoms with van der Waals surface area (Å²) in [5, 5.41) is 5.35. The fraction of sp³-hybridized carbons (Fsp3) is 0.261. The van der Waals surface area contributed by atoms with E-state index in [1.165, 1.54) is 5.56 Å². The van der Waals surface area contributed by atoms with Crippen LogP contribution in [0.3, 0.4) is 0 Å². The summed E-state index contributed by atoms with van der Waals surface area (Å²) in [5.41, 5.74) is 13.0. The molecule has 6 heteroatoms. The van der Waals surface area contributed by atoms with Gasteiger partial charge in [-0.3, -0.25) is 9.67 Å². The van der Waals surface area contributed by atoms with E-state index < -0.39 is 0 Å². The quantitative estimate of drug-likeness (QED) is 0.542. The lowest BCUT2D eigenvalue weighted by atomic mass is 10.0. The molecule has 6 nitrogen and oxygen atoms in total. The van der Waals surface area contributed by atoms with Crippen LogP contribution in [0.2, 0.25) is 0 Å². The van der Waals surface area contributed by atoms with E-state index in [1.54, 1.807) is 6.20 Å². The number of fused-ring (bicyclic) bond motifs is 1. The highest BCUT2D eigenvalue weighted by molar-refractivity contribution is 5.96. The van der Waals surface area contributed by atoms with Crippen LogP contribution in [0.25, 0.3) is 22.2 Å². The Morgan fingerprint density at radius 3 is 2.72 bits per heavy atom. The molecule has 0 saturated carbocycles. The number of nitrogens with zero attached hydrogens (tertiary/aromatic N) is 4. The maximum absolute atomic E-state index is 6.27. The lowest BCUT2D eigenvalue weighted by Crippen LogP contribution is -2.10. The van der Waals surface area contributed by atoms with Crippen molar-refractivity contribution >= 4 is 10.9 Å². The van der Waals surface area contributed by atoms with Crippen molar-refractivity contribution in [3.05, 3.63) is 71.3 Å². The normalized spacial score (nSPS) is 11.2. The van der Waals surface area contributed by atoms with Crippen molar-refractivity contribution in [2.45, 2.75) is 33.4 Å². The van der Waals surface area contributed by atoms with Gasteiger partial charge in [0.1, 0.15) is 17.9 Å². The average molecular weight is 387 g/mol. The first-order valence-electron chi connectivity index (χ1n) is 9.79. The van der Waals surface area contributed by atoms with E-state index in [0.717, 1.165) is 51.3 Å². The number of pyridine rings is 2. The SMILES string of the molecule is CCc1ccnc(CN)c1COc1cccc2c(-c3ccnn3C)cc(C)nc12. The molecule has 0 bridgehead atoms. The van der Waals surface area contributed by atoms with Gasteiger partial charge in [-0.2, -0.15) is 5.10 Å². The standard InChI is InChI=1S/C23H25N5O/c1-4-16-8-10-25-20(13-24)19(16)14-29-22-7-5-6-17-18(12-15(2)27-23(17)22)21-9-11-26-28(21)3/h5-12H,4,13-14,24H2,1-3H3. The van der Waals surface area contributed by atoms with Crippen molar-refractivity contribution in [1.82, 2.24) is 19.7 Å². The van der Waals surface area contributed by atoms with Crippen molar-refractivity contribution in [3.63, 3.8) is 0 Å². The zero-order valence-electron chi connectivity index (χ0n) is 17.0. The molecule has 3 aromatic heterocycles. The van der Waals surface area contributed by atoms with Gasteiger partial charge in [-0.15, -0.1) is 0 Å². The minimum atomic E-state index is 0.393. The van der Waals surface area contributed by atoms with Gasteiger partial charge in [0, 0.05) is 48.2 Å². The van der Waals surface area contributed by atoms with Crippen LogP contribution < -0.4 is 10.5 Å². The molecular formula is C23H25N5O. The summed E-state index contributed by atoms with van der Waals surface area (Å²) in [4.78, 5) is 9.20. The Hall–Kier alpha value is -3.25. The molecule has 1 aromatic carbocycles. The summed E-state index contributed by atoms with van der Waals surface area (Å²) < 4.78 is 8.14. The summed E-state index contributed by atoms with van der Waals surface area (Å²) >= 11 is 0. The smallest absolute Gasteiger partial charge is 0.146 e. The van der Waals surface area contributed by atoms with E-state index in [2.05, 4.69) is 29.1 Å². The maximum Gasteiger partial charge on any atom is 0.146 e. The third-order valence-electron chi connectivity index (χ3n) is 5.22. The Labute approximate surface area is 170 Å². The molecule has 0 atom stereocenters. The zero-order chi connectivity index (χ0) is 20.4. The number of ether oxygens (including phenoxy) is 1.